The first kappa shape index (κ1) is 28.5. The molecule has 1 unspecified atom stereocenters. The smallest absolute Gasteiger partial charge is 0.163 e. The molecular weight excluding hydrogens is 511 g/mol. The zero-order valence-corrected chi connectivity index (χ0v) is 23.8. The first-order valence-electron chi connectivity index (χ1n) is 12.8. The summed E-state index contributed by atoms with van der Waals surface area (Å²) in [6.45, 7) is 10.9. The maximum Gasteiger partial charge on any atom is 0.163 e. The van der Waals surface area contributed by atoms with Crippen molar-refractivity contribution in [1.82, 2.24) is 0 Å². The highest BCUT2D eigenvalue weighted by atomic mass is 35.5. The summed E-state index contributed by atoms with van der Waals surface area (Å²) in [4.78, 5) is 13.0. The van der Waals surface area contributed by atoms with E-state index in [1.54, 1.807) is 13.8 Å². The summed E-state index contributed by atoms with van der Waals surface area (Å²) in [5.74, 6) is 5.55. The Labute approximate surface area is 234 Å². The number of aryl methyl sites for hydroxylation is 1. The fraction of sp³-hybridized carbons (Fsp3) is 0.265. The lowest BCUT2D eigenvalue weighted by molar-refractivity contribution is -0.138. The van der Waals surface area contributed by atoms with Crippen LogP contribution in [-0.2, 0) is 15.1 Å². The topological polar surface area (TPSA) is 46.5 Å². The first-order valence-corrected chi connectivity index (χ1v) is 13.2. The summed E-state index contributed by atoms with van der Waals surface area (Å²) >= 11 is 6.22. The van der Waals surface area contributed by atoms with Crippen molar-refractivity contribution in [3.8, 4) is 23.0 Å². The molecule has 200 valence electrons. The monoisotopic (exact) mass is 542 g/mol. The maximum atomic E-state index is 13.4. The molecule has 5 heteroatoms. The van der Waals surface area contributed by atoms with Gasteiger partial charge >= 0.3 is 0 Å². The van der Waals surface area contributed by atoms with Gasteiger partial charge in [0, 0.05) is 10.6 Å². The van der Waals surface area contributed by atoms with Crippen molar-refractivity contribution in [3.63, 3.8) is 0 Å². The van der Waals surface area contributed by atoms with Gasteiger partial charge in [0.25, 0.3) is 0 Å². The Hall–Kier alpha value is -3.49. The average molecular weight is 543 g/mol. The number of benzene rings is 4. The summed E-state index contributed by atoms with van der Waals surface area (Å²) in [6.07, 6.45) is -0.769. The van der Waals surface area contributed by atoms with Crippen LogP contribution in [0.25, 0.3) is 21.9 Å². The van der Waals surface area contributed by atoms with Crippen LogP contribution in [0.3, 0.4) is 0 Å². The second kappa shape index (κ2) is 10.9. The second-order valence-electron chi connectivity index (χ2n) is 11.0. The quantitative estimate of drug-likeness (QED) is 0.258. The first-order chi connectivity index (χ1) is 18.2. The van der Waals surface area contributed by atoms with Gasteiger partial charge in [-0.3, -0.25) is 4.79 Å². The van der Waals surface area contributed by atoms with Crippen molar-refractivity contribution < 1.29 is 19.0 Å². The lowest BCUT2D eigenvalue weighted by atomic mass is 9.85. The van der Waals surface area contributed by atoms with Crippen molar-refractivity contribution in [2.75, 3.05) is 0 Å². The number of Topliss-reactive ketones (excluding diaryl/α,β-unsaturated/α-hetero) is 1. The lowest BCUT2D eigenvalue weighted by Gasteiger charge is -2.29. The van der Waals surface area contributed by atoms with Crippen LogP contribution in [0.1, 0.15) is 63.0 Å². The van der Waals surface area contributed by atoms with Gasteiger partial charge < -0.3 is 9.84 Å². The van der Waals surface area contributed by atoms with E-state index in [-0.39, 0.29) is 11.6 Å². The highest BCUT2D eigenvalue weighted by Gasteiger charge is 2.29. The van der Waals surface area contributed by atoms with E-state index in [1.165, 1.54) is 24.3 Å². The third-order valence-corrected chi connectivity index (χ3v) is 6.73. The Kier molecular flexibility index (Phi) is 8.00. The molecule has 1 N–H and O–H groups in total. The van der Waals surface area contributed by atoms with Crippen molar-refractivity contribution >= 4 is 28.2 Å². The van der Waals surface area contributed by atoms with Crippen LogP contribution >= 0.6 is 11.6 Å². The molecule has 0 amide bonds. The van der Waals surface area contributed by atoms with Gasteiger partial charge in [0.05, 0.1) is 5.60 Å². The molecule has 4 rings (SSSR count). The molecule has 0 radical (unpaired) electrons. The number of aliphatic hydroxyl groups is 1. The molecule has 0 heterocycles. The number of ether oxygens (including phenoxy) is 1. The second-order valence-corrected chi connectivity index (χ2v) is 11.4. The third kappa shape index (κ3) is 6.57. The third-order valence-electron chi connectivity index (χ3n) is 6.48. The highest BCUT2D eigenvalue weighted by Crippen LogP contribution is 2.41. The van der Waals surface area contributed by atoms with E-state index >= 15 is 0 Å². The van der Waals surface area contributed by atoms with Crippen molar-refractivity contribution in [3.05, 3.63) is 106 Å². The fourth-order valence-electron chi connectivity index (χ4n) is 4.63. The van der Waals surface area contributed by atoms with Gasteiger partial charge in [0.2, 0.25) is 0 Å². The van der Waals surface area contributed by atoms with Crippen LogP contribution in [-0.4, -0.2) is 16.5 Å². The van der Waals surface area contributed by atoms with Gasteiger partial charge in [-0.05, 0) is 117 Å². The maximum absolute atomic E-state index is 13.4. The average Bonchev–Trinajstić information content (AvgIpc) is 2.86. The van der Waals surface area contributed by atoms with E-state index in [4.69, 9.17) is 16.3 Å². The van der Waals surface area contributed by atoms with Crippen LogP contribution < -0.4 is 0 Å². The Morgan fingerprint density at radius 2 is 1.62 bits per heavy atom. The minimum atomic E-state index is -1.47. The number of fused-ring (bicyclic) bond motifs is 1. The van der Waals surface area contributed by atoms with Crippen LogP contribution in [0.2, 0.25) is 5.02 Å². The molecule has 0 aromatic heterocycles. The summed E-state index contributed by atoms with van der Waals surface area (Å²) in [5.41, 5.74) is 2.68. The Balaban J connectivity index is 1.95. The predicted octanol–water partition coefficient (Wildman–Crippen LogP) is 8.31. The van der Waals surface area contributed by atoms with Gasteiger partial charge in [0.15, 0.2) is 5.78 Å². The standard InChI is InChI=1S/C34H32ClFO3/c1-21-19-25-8-7-23(17-18-34(6,38)26-11-15-28(36)16-12-26)20-29(25)31(24-9-13-27(35)14-10-24)30(21)32(22(2)37)39-33(3,4)5/h7-16,19-20,32,38H,1-6H3/t32-,34?/m1/s1. The zero-order valence-electron chi connectivity index (χ0n) is 23.0. The summed E-state index contributed by atoms with van der Waals surface area (Å²) in [6, 6.07) is 21.1. The van der Waals surface area contributed by atoms with Crippen LogP contribution in [0.5, 0.6) is 0 Å². The van der Waals surface area contributed by atoms with Gasteiger partial charge in [-0.1, -0.05) is 59.8 Å². The van der Waals surface area contributed by atoms with E-state index in [0.717, 1.165) is 33.0 Å². The minimum Gasteiger partial charge on any atom is -0.374 e. The molecule has 0 aliphatic rings. The fourth-order valence-corrected chi connectivity index (χ4v) is 4.76. The van der Waals surface area contributed by atoms with Crippen LogP contribution in [0.15, 0.2) is 72.8 Å². The number of hydrogen-bond donors (Lipinski definition) is 1. The van der Waals surface area contributed by atoms with E-state index in [1.807, 2.05) is 70.2 Å². The zero-order chi connectivity index (χ0) is 28.5. The molecule has 0 bridgehead atoms. The predicted molar refractivity (Wildman–Crippen MR) is 156 cm³/mol. The molecule has 39 heavy (non-hydrogen) atoms. The van der Waals surface area contributed by atoms with Crippen molar-refractivity contribution in [2.45, 2.75) is 58.8 Å². The molecule has 0 aliphatic carbocycles. The molecule has 3 nitrogen and oxygen atoms in total. The summed E-state index contributed by atoms with van der Waals surface area (Å²) < 4.78 is 19.7. The SMILES string of the molecule is CC(=O)[C@@H](OC(C)(C)C)c1c(C)cc2ccc(C#CC(C)(O)c3ccc(F)cc3)cc2c1-c1ccc(Cl)cc1. The van der Waals surface area contributed by atoms with Crippen molar-refractivity contribution in [2.24, 2.45) is 0 Å². The molecule has 0 saturated heterocycles. The van der Waals surface area contributed by atoms with E-state index in [9.17, 15) is 14.3 Å². The van der Waals surface area contributed by atoms with Crippen molar-refractivity contribution in [1.29, 1.82) is 0 Å². The number of carbonyl (C=O) groups excluding carboxylic acids is 1. The summed E-state index contributed by atoms with van der Waals surface area (Å²) in [7, 11) is 0. The molecule has 4 aromatic rings. The van der Waals surface area contributed by atoms with Crippen LogP contribution in [0, 0.1) is 24.6 Å². The molecule has 0 spiro atoms. The number of hydrogen-bond acceptors (Lipinski definition) is 3. The Morgan fingerprint density at radius 3 is 2.21 bits per heavy atom. The molecule has 0 aliphatic heterocycles. The molecule has 4 aromatic carbocycles. The van der Waals surface area contributed by atoms with E-state index in [2.05, 4.69) is 17.9 Å². The highest BCUT2D eigenvalue weighted by molar-refractivity contribution is 6.30. The number of rotatable bonds is 5. The molecular formula is C34H32ClFO3. The molecule has 0 fully saturated rings. The molecule has 2 atom stereocenters. The number of ketones is 1. The Bertz CT molecular complexity index is 1590. The van der Waals surface area contributed by atoms with Gasteiger partial charge in [-0.25, -0.2) is 4.39 Å². The Morgan fingerprint density at radius 1 is 0.974 bits per heavy atom. The van der Waals surface area contributed by atoms with Gasteiger partial charge in [-0.15, -0.1) is 0 Å². The van der Waals surface area contributed by atoms with Crippen LogP contribution in [0.4, 0.5) is 4.39 Å². The van der Waals surface area contributed by atoms with E-state index in [0.29, 0.717) is 16.1 Å². The molecule has 0 saturated carbocycles. The lowest BCUT2D eigenvalue weighted by Crippen LogP contribution is -2.27. The van der Waals surface area contributed by atoms with Gasteiger partial charge in [0.1, 0.15) is 17.5 Å². The largest absolute Gasteiger partial charge is 0.374 e. The van der Waals surface area contributed by atoms with Gasteiger partial charge in [-0.2, -0.15) is 0 Å². The summed E-state index contributed by atoms with van der Waals surface area (Å²) in [5, 5.41) is 13.5. The van der Waals surface area contributed by atoms with E-state index < -0.39 is 17.3 Å². The normalized spacial score (nSPS) is 13.9. The number of carbonyl (C=O) groups is 1. The minimum absolute atomic E-state index is 0.0890. The number of halogens is 2.